The van der Waals surface area contributed by atoms with Gasteiger partial charge in [0, 0.05) is 48.4 Å². The standard InChI is InChI=1S/C23H21N5O2S/c1-30-17-4-2-15(3-5-17)20-14-31-21(25-20)13-28-11-8-19-18(12-28)23(29)27-22(26-19)16-6-9-24-10-7-16/h2-7,9-10,14H,8,11-13H2,1H3,(H,26,27,29). The molecule has 4 aromatic rings. The van der Waals surface area contributed by atoms with Crippen LogP contribution in [0.25, 0.3) is 22.6 Å². The van der Waals surface area contributed by atoms with Crippen LogP contribution in [0.2, 0.25) is 0 Å². The van der Waals surface area contributed by atoms with E-state index in [-0.39, 0.29) is 5.56 Å². The van der Waals surface area contributed by atoms with E-state index < -0.39 is 0 Å². The van der Waals surface area contributed by atoms with E-state index in [2.05, 4.69) is 20.2 Å². The molecule has 8 heteroatoms. The first-order valence-corrected chi connectivity index (χ1v) is 10.9. The zero-order chi connectivity index (χ0) is 21.2. The Morgan fingerprint density at radius 3 is 2.68 bits per heavy atom. The van der Waals surface area contributed by atoms with E-state index in [0.717, 1.165) is 51.8 Å². The van der Waals surface area contributed by atoms with E-state index in [4.69, 9.17) is 14.7 Å². The van der Waals surface area contributed by atoms with Crippen LogP contribution in [0.15, 0.2) is 59.0 Å². The lowest BCUT2D eigenvalue weighted by atomic mass is 10.1. The van der Waals surface area contributed by atoms with E-state index in [1.807, 2.05) is 36.4 Å². The molecule has 0 saturated heterocycles. The topological polar surface area (TPSA) is 84.0 Å². The van der Waals surface area contributed by atoms with Crippen molar-refractivity contribution in [2.24, 2.45) is 0 Å². The number of methoxy groups -OCH3 is 1. The van der Waals surface area contributed by atoms with E-state index in [0.29, 0.717) is 18.9 Å². The van der Waals surface area contributed by atoms with Crippen LogP contribution in [0.3, 0.4) is 0 Å². The summed E-state index contributed by atoms with van der Waals surface area (Å²) in [6, 6.07) is 11.6. The molecule has 0 saturated carbocycles. The van der Waals surface area contributed by atoms with Gasteiger partial charge < -0.3 is 9.72 Å². The predicted octanol–water partition coefficient (Wildman–Crippen LogP) is 3.52. The van der Waals surface area contributed by atoms with Crippen LogP contribution in [-0.2, 0) is 19.5 Å². The van der Waals surface area contributed by atoms with Gasteiger partial charge in [-0.3, -0.25) is 14.7 Å². The number of aromatic nitrogens is 4. The fourth-order valence-electron chi connectivity index (χ4n) is 3.73. The largest absolute Gasteiger partial charge is 0.497 e. The third-order valence-electron chi connectivity index (χ3n) is 5.40. The molecule has 156 valence electrons. The van der Waals surface area contributed by atoms with Gasteiger partial charge in [-0.2, -0.15) is 0 Å². The summed E-state index contributed by atoms with van der Waals surface area (Å²) in [6.45, 7) is 2.13. The van der Waals surface area contributed by atoms with Crippen LogP contribution in [0, 0.1) is 0 Å². The quantitative estimate of drug-likeness (QED) is 0.521. The van der Waals surface area contributed by atoms with Gasteiger partial charge in [-0.25, -0.2) is 9.97 Å². The second-order valence-corrected chi connectivity index (χ2v) is 8.33. The minimum atomic E-state index is -0.0698. The molecule has 0 radical (unpaired) electrons. The highest BCUT2D eigenvalue weighted by Crippen LogP contribution is 2.26. The number of fused-ring (bicyclic) bond motifs is 1. The maximum absolute atomic E-state index is 12.7. The molecule has 1 aliphatic heterocycles. The Balaban J connectivity index is 1.31. The van der Waals surface area contributed by atoms with Crippen LogP contribution >= 0.6 is 11.3 Å². The molecule has 1 aliphatic rings. The fraction of sp³-hybridized carbons (Fsp3) is 0.217. The number of nitrogens with one attached hydrogen (secondary N) is 1. The minimum absolute atomic E-state index is 0.0698. The van der Waals surface area contributed by atoms with Crippen molar-refractivity contribution in [2.45, 2.75) is 19.5 Å². The molecule has 5 rings (SSSR count). The number of hydrogen-bond acceptors (Lipinski definition) is 7. The number of rotatable bonds is 5. The van der Waals surface area contributed by atoms with Crippen LogP contribution in [0.4, 0.5) is 0 Å². The van der Waals surface area contributed by atoms with Gasteiger partial charge in [-0.1, -0.05) is 0 Å². The summed E-state index contributed by atoms with van der Waals surface area (Å²) in [7, 11) is 1.66. The number of thiazole rings is 1. The van der Waals surface area contributed by atoms with E-state index >= 15 is 0 Å². The summed E-state index contributed by atoms with van der Waals surface area (Å²) < 4.78 is 5.22. The van der Waals surface area contributed by atoms with Gasteiger partial charge in [-0.15, -0.1) is 11.3 Å². The van der Waals surface area contributed by atoms with Gasteiger partial charge in [0.2, 0.25) is 0 Å². The monoisotopic (exact) mass is 431 g/mol. The molecule has 31 heavy (non-hydrogen) atoms. The summed E-state index contributed by atoms with van der Waals surface area (Å²) in [4.78, 5) is 31.4. The number of nitrogens with zero attached hydrogens (tertiary/aromatic N) is 4. The average Bonchev–Trinajstić information content (AvgIpc) is 3.28. The molecule has 0 amide bonds. The van der Waals surface area contributed by atoms with Crippen molar-refractivity contribution in [3.63, 3.8) is 0 Å². The summed E-state index contributed by atoms with van der Waals surface area (Å²) in [5, 5.41) is 3.11. The number of benzene rings is 1. The third kappa shape index (κ3) is 4.12. The van der Waals surface area contributed by atoms with Crippen molar-refractivity contribution in [3.05, 3.63) is 80.8 Å². The molecule has 0 bridgehead atoms. The van der Waals surface area contributed by atoms with Crippen LogP contribution in [0.5, 0.6) is 5.75 Å². The second-order valence-electron chi connectivity index (χ2n) is 7.39. The number of hydrogen-bond donors (Lipinski definition) is 1. The van der Waals surface area contributed by atoms with Gasteiger partial charge in [0.25, 0.3) is 5.56 Å². The number of H-pyrrole nitrogens is 1. The second kappa shape index (κ2) is 8.41. The predicted molar refractivity (Wildman–Crippen MR) is 120 cm³/mol. The summed E-state index contributed by atoms with van der Waals surface area (Å²) in [5.74, 6) is 1.43. The van der Waals surface area contributed by atoms with Gasteiger partial charge >= 0.3 is 0 Å². The summed E-state index contributed by atoms with van der Waals surface area (Å²) >= 11 is 1.64. The molecule has 0 unspecified atom stereocenters. The van der Waals surface area contributed by atoms with Crippen LogP contribution in [-0.4, -0.2) is 38.5 Å². The van der Waals surface area contributed by atoms with Crippen molar-refractivity contribution in [1.29, 1.82) is 0 Å². The lowest BCUT2D eigenvalue weighted by molar-refractivity contribution is 0.241. The molecule has 0 aliphatic carbocycles. The number of pyridine rings is 1. The molecule has 1 aromatic carbocycles. The Labute approximate surface area is 183 Å². The normalized spacial score (nSPS) is 13.7. The molecule has 0 atom stereocenters. The summed E-state index contributed by atoms with van der Waals surface area (Å²) in [6.07, 6.45) is 4.14. The maximum Gasteiger partial charge on any atom is 0.255 e. The summed E-state index contributed by atoms with van der Waals surface area (Å²) in [5.41, 5.74) is 4.45. The Hall–Kier alpha value is -3.36. The van der Waals surface area contributed by atoms with Crippen molar-refractivity contribution >= 4 is 11.3 Å². The van der Waals surface area contributed by atoms with Crippen molar-refractivity contribution in [1.82, 2.24) is 24.8 Å². The molecule has 0 spiro atoms. The van der Waals surface area contributed by atoms with Crippen LogP contribution < -0.4 is 10.3 Å². The van der Waals surface area contributed by atoms with Gasteiger partial charge in [-0.05, 0) is 36.4 Å². The number of ether oxygens (including phenoxy) is 1. The Kier molecular flexibility index (Phi) is 5.31. The third-order valence-corrected chi connectivity index (χ3v) is 6.23. The first kappa shape index (κ1) is 19.6. The maximum atomic E-state index is 12.7. The molecule has 7 nitrogen and oxygen atoms in total. The smallest absolute Gasteiger partial charge is 0.255 e. The van der Waals surface area contributed by atoms with E-state index in [9.17, 15) is 4.79 Å². The van der Waals surface area contributed by atoms with Crippen molar-refractivity contribution in [2.75, 3.05) is 13.7 Å². The van der Waals surface area contributed by atoms with E-state index in [1.54, 1.807) is 30.8 Å². The van der Waals surface area contributed by atoms with Crippen molar-refractivity contribution < 1.29 is 4.74 Å². The number of aromatic amines is 1. The molecule has 1 N–H and O–H groups in total. The first-order chi connectivity index (χ1) is 15.2. The van der Waals surface area contributed by atoms with Gasteiger partial charge in [0.05, 0.1) is 30.6 Å². The molecular weight excluding hydrogens is 410 g/mol. The Bertz CT molecular complexity index is 1250. The van der Waals surface area contributed by atoms with Gasteiger partial charge in [0.1, 0.15) is 16.6 Å². The Morgan fingerprint density at radius 2 is 1.90 bits per heavy atom. The zero-order valence-corrected chi connectivity index (χ0v) is 17.9. The first-order valence-electron chi connectivity index (χ1n) is 10.0. The average molecular weight is 432 g/mol. The molecular formula is C23H21N5O2S. The molecule has 0 fully saturated rings. The van der Waals surface area contributed by atoms with E-state index in [1.165, 1.54) is 0 Å². The zero-order valence-electron chi connectivity index (χ0n) is 17.0. The highest BCUT2D eigenvalue weighted by molar-refractivity contribution is 7.09. The SMILES string of the molecule is COc1ccc(-c2csc(CN3CCc4nc(-c5ccncc5)[nH]c(=O)c4C3)n2)cc1. The van der Waals surface area contributed by atoms with Crippen molar-refractivity contribution in [3.8, 4) is 28.4 Å². The van der Waals surface area contributed by atoms with Crippen LogP contribution in [0.1, 0.15) is 16.3 Å². The highest BCUT2D eigenvalue weighted by Gasteiger charge is 2.22. The van der Waals surface area contributed by atoms with Gasteiger partial charge in [0.15, 0.2) is 0 Å². The fourth-order valence-corrected chi connectivity index (χ4v) is 4.58. The molecule has 4 heterocycles. The Morgan fingerprint density at radius 1 is 1.10 bits per heavy atom. The molecule has 3 aromatic heterocycles. The lowest BCUT2D eigenvalue weighted by Crippen LogP contribution is -2.35. The highest BCUT2D eigenvalue weighted by atomic mass is 32.1. The minimum Gasteiger partial charge on any atom is -0.497 e. The lowest BCUT2D eigenvalue weighted by Gasteiger charge is -2.26.